The molecule has 0 aliphatic carbocycles. The molecule has 1 aromatic rings. The van der Waals surface area contributed by atoms with Crippen LogP contribution in [0.5, 0.6) is 0 Å². The highest BCUT2D eigenvalue weighted by atomic mass is 79.9. The van der Waals surface area contributed by atoms with Gasteiger partial charge in [0.25, 0.3) is 10.0 Å². The molecule has 0 bridgehead atoms. The number of nitrogens with zero attached hydrogens (tertiary/aromatic N) is 2. The number of rotatable bonds is 2. The lowest BCUT2D eigenvalue weighted by atomic mass is 10.2. The van der Waals surface area contributed by atoms with E-state index in [-0.39, 0.29) is 4.21 Å². The Bertz CT molecular complexity index is 532. The minimum atomic E-state index is -3.50. The fourth-order valence-corrected chi connectivity index (χ4v) is 5.76. The highest BCUT2D eigenvalue weighted by Crippen LogP contribution is 2.33. The van der Waals surface area contributed by atoms with Crippen LogP contribution in [0.3, 0.4) is 0 Å². The van der Waals surface area contributed by atoms with Crippen molar-refractivity contribution < 1.29 is 8.42 Å². The fraction of sp³-hybridized carbons (Fsp3) is 0.444. The molecule has 1 aliphatic rings. The van der Waals surface area contributed by atoms with E-state index in [4.69, 9.17) is 5.26 Å². The minimum absolute atomic E-state index is 0.287. The van der Waals surface area contributed by atoms with Gasteiger partial charge in [0.2, 0.25) is 0 Å². The number of sulfonamides is 1. The molecule has 7 heteroatoms. The first-order valence-electron chi connectivity index (χ1n) is 4.72. The van der Waals surface area contributed by atoms with Gasteiger partial charge in [0.1, 0.15) is 10.3 Å². The Kier molecular flexibility index (Phi) is 3.35. The first kappa shape index (κ1) is 12.0. The molecule has 1 unspecified atom stereocenters. The first-order valence-corrected chi connectivity index (χ1v) is 7.83. The molecule has 2 heterocycles. The molecular formula is C9H9BrN2O2S2. The molecule has 0 radical (unpaired) electrons. The van der Waals surface area contributed by atoms with E-state index >= 15 is 0 Å². The summed E-state index contributed by atoms with van der Waals surface area (Å²) >= 11 is 4.38. The number of hydrogen-bond acceptors (Lipinski definition) is 4. The summed E-state index contributed by atoms with van der Waals surface area (Å²) in [4.78, 5) is 0. The summed E-state index contributed by atoms with van der Waals surface area (Å²) in [5.74, 6) is 0. The van der Waals surface area contributed by atoms with E-state index in [1.165, 1.54) is 15.6 Å². The van der Waals surface area contributed by atoms with Crippen LogP contribution in [0.1, 0.15) is 12.8 Å². The molecule has 0 saturated carbocycles. The maximum atomic E-state index is 12.2. The largest absolute Gasteiger partial charge is 0.254 e. The van der Waals surface area contributed by atoms with Crippen LogP contribution in [0, 0.1) is 11.3 Å². The lowest BCUT2D eigenvalue weighted by molar-refractivity contribution is 0.439. The van der Waals surface area contributed by atoms with Crippen molar-refractivity contribution in [1.29, 1.82) is 5.26 Å². The first-order chi connectivity index (χ1) is 7.57. The van der Waals surface area contributed by atoms with Gasteiger partial charge < -0.3 is 0 Å². The van der Waals surface area contributed by atoms with Crippen LogP contribution in [0.25, 0.3) is 0 Å². The summed E-state index contributed by atoms with van der Waals surface area (Å²) < 4.78 is 26.6. The summed E-state index contributed by atoms with van der Waals surface area (Å²) in [7, 11) is -3.50. The molecule has 0 amide bonds. The van der Waals surface area contributed by atoms with Gasteiger partial charge in [0.05, 0.1) is 6.07 Å². The second-order valence-corrected chi connectivity index (χ2v) is 7.32. The SMILES string of the molecule is N#CC1CCCN1S(=O)(=O)c1sccc1Br. The average Bonchev–Trinajstić information content (AvgIpc) is 2.85. The molecule has 4 nitrogen and oxygen atoms in total. The van der Waals surface area contributed by atoms with Crippen LogP contribution in [-0.4, -0.2) is 25.3 Å². The van der Waals surface area contributed by atoms with Crippen molar-refractivity contribution in [1.82, 2.24) is 4.31 Å². The monoisotopic (exact) mass is 320 g/mol. The lowest BCUT2D eigenvalue weighted by Gasteiger charge is -2.18. The standard InChI is InChI=1S/C9H9BrN2O2S2/c10-8-3-5-15-9(8)16(13,14)12-4-1-2-7(12)6-11/h3,5,7H,1-2,4H2. The van der Waals surface area contributed by atoms with Crippen LogP contribution in [-0.2, 0) is 10.0 Å². The van der Waals surface area contributed by atoms with Gasteiger partial charge >= 0.3 is 0 Å². The molecule has 1 saturated heterocycles. The second-order valence-electron chi connectivity index (χ2n) is 3.46. The van der Waals surface area contributed by atoms with E-state index in [2.05, 4.69) is 15.9 Å². The van der Waals surface area contributed by atoms with E-state index < -0.39 is 16.1 Å². The zero-order valence-electron chi connectivity index (χ0n) is 8.26. The molecule has 0 spiro atoms. The maximum absolute atomic E-state index is 12.2. The predicted octanol–water partition coefficient (Wildman–Crippen LogP) is 2.19. The van der Waals surface area contributed by atoms with Gasteiger partial charge in [-0.25, -0.2) is 8.42 Å². The lowest BCUT2D eigenvalue weighted by Crippen LogP contribution is -2.34. The zero-order valence-corrected chi connectivity index (χ0v) is 11.5. The number of halogens is 1. The normalized spacial score (nSPS) is 22.1. The van der Waals surface area contributed by atoms with Crippen LogP contribution in [0.2, 0.25) is 0 Å². The van der Waals surface area contributed by atoms with Crippen molar-refractivity contribution in [3.63, 3.8) is 0 Å². The number of nitriles is 1. The molecule has 1 aromatic heterocycles. The molecule has 1 atom stereocenters. The van der Waals surface area contributed by atoms with Gasteiger partial charge in [-0.3, -0.25) is 0 Å². The Morgan fingerprint density at radius 1 is 1.62 bits per heavy atom. The summed E-state index contributed by atoms with van der Waals surface area (Å²) in [6.07, 6.45) is 1.37. The number of hydrogen-bond donors (Lipinski definition) is 0. The highest BCUT2D eigenvalue weighted by molar-refractivity contribution is 9.10. The van der Waals surface area contributed by atoms with Gasteiger partial charge in [0.15, 0.2) is 0 Å². The van der Waals surface area contributed by atoms with Crippen molar-refractivity contribution in [2.24, 2.45) is 0 Å². The van der Waals surface area contributed by atoms with E-state index in [0.29, 0.717) is 17.4 Å². The van der Waals surface area contributed by atoms with Crippen molar-refractivity contribution in [2.75, 3.05) is 6.54 Å². The molecule has 2 rings (SSSR count). The van der Waals surface area contributed by atoms with Crippen LogP contribution in [0.15, 0.2) is 20.1 Å². The predicted molar refractivity (Wildman–Crippen MR) is 64.5 cm³/mol. The summed E-state index contributed by atoms with van der Waals surface area (Å²) in [6.45, 7) is 0.435. The molecule has 1 fully saturated rings. The Labute approximate surface area is 107 Å². The third-order valence-electron chi connectivity index (χ3n) is 2.48. The quantitative estimate of drug-likeness (QED) is 0.839. The van der Waals surface area contributed by atoms with E-state index in [1.54, 1.807) is 11.4 Å². The zero-order chi connectivity index (χ0) is 11.8. The smallest absolute Gasteiger partial charge is 0.206 e. The third kappa shape index (κ3) is 1.91. The molecule has 16 heavy (non-hydrogen) atoms. The summed E-state index contributed by atoms with van der Waals surface area (Å²) in [5, 5.41) is 10.6. The van der Waals surface area contributed by atoms with Gasteiger partial charge in [0, 0.05) is 11.0 Å². The van der Waals surface area contributed by atoms with E-state index in [1.807, 2.05) is 6.07 Å². The Balaban J connectivity index is 2.41. The van der Waals surface area contributed by atoms with E-state index in [0.717, 1.165) is 6.42 Å². The van der Waals surface area contributed by atoms with Gasteiger partial charge in [-0.15, -0.1) is 11.3 Å². The Morgan fingerprint density at radius 2 is 2.38 bits per heavy atom. The van der Waals surface area contributed by atoms with Crippen molar-refractivity contribution in [2.45, 2.75) is 23.1 Å². The van der Waals surface area contributed by atoms with Crippen molar-refractivity contribution >= 4 is 37.3 Å². The molecule has 86 valence electrons. The Morgan fingerprint density at radius 3 is 2.94 bits per heavy atom. The second kappa shape index (κ2) is 4.45. The minimum Gasteiger partial charge on any atom is -0.206 e. The van der Waals surface area contributed by atoms with Crippen LogP contribution < -0.4 is 0 Å². The van der Waals surface area contributed by atoms with Gasteiger partial charge in [-0.2, -0.15) is 9.57 Å². The number of thiophene rings is 1. The van der Waals surface area contributed by atoms with Crippen LogP contribution in [0.4, 0.5) is 0 Å². The molecule has 0 N–H and O–H groups in total. The third-order valence-corrected chi connectivity index (χ3v) is 7.04. The average molecular weight is 321 g/mol. The van der Waals surface area contributed by atoms with Crippen LogP contribution >= 0.6 is 27.3 Å². The molecule has 0 aromatic carbocycles. The van der Waals surface area contributed by atoms with Crippen molar-refractivity contribution in [3.8, 4) is 6.07 Å². The van der Waals surface area contributed by atoms with E-state index in [9.17, 15) is 8.42 Å². The Hall–Kier alpha value is -0.420. The van der Waals surface area contributed by atoms with Crippen molar-refractivity contribution in [3.05, 3.63) is 15.9 Å². The maximum Gasteiger partial charge on any atom is 0.254 e. The molecule has 1 aliphatic heterocycles. The highest BCUT2D eigenvalue weighted by Gasteiger charge is 2.36. The van der Waals surface area contributed by atoms with Gasteiger partial charge in [-0.05, 0) is 40.2 Å². The summed E-state index contributed by atoms with van der Waals surface area (Å²) in [5.41, 5.74) is 0. The fourth-order valence-electron chi connectivity index (χ4n) is 1.73. The summed E-state index contributed by atoms with van der Waals surface area (Å²) in [6, 6.07) is 3.23. The molecular weight excluding hydrogens is 312 g/mol. The topological polar surface area (TPSA) is 61.2 Å². The van der Waals surface area contributed by atoms with Gasteiger partial charge in [-0.1, -0.05) is 0 Å².